The number of para-hydroxylation sites is 2. The van der Waals surface area contributed by atoms with E-state index in [2.05, 4.69) is 65.9 Å². The van der Waals surface area contributed by atoms with Gasteiger partial charge in [-0.25, -0.2) is 4.98 Å². The van der Waals surface area contributed by atoms with Crippen LogP contribution in [0, 0.1) is 6.92 Å². The van der Waals surface area contributed by atoms with Crippen molar-refractivity contribution in [3.63, 3.8) is 0 Å². The third-order valence-electron chi connectivity index (χ3n) is 4.91. The van der Waals surface area contributed by atoms with E-state index in [1.807, 2.05) is 6.07 Å². The Labute approximate surface area is 167 Å². The van der Waals surface area contributed by atoms with Crippen molar-refractivity contribution >= 4 is 16.9 Å². The molecule has 0 aliphatic rings. The topological polar surface area (TPSA) is 46.9 Å². The number of carbonyl (C=O) groups is 1. The number of amides is 1. The first-order chi connectivity index (χ1) is 13.5. The summed E-state index contributed by atoms with van der Waals surface area (Å²) in [7, 11) is 0. The number of aromatic nitrogens is 2. The zero-order valence-corrected chi connectivity index (χ0v) is 16.9. The highest BCUT2D eigenvalue weighted by atomic mass is 16.1. The van der Waals surface area contributed by atoms with Crippen molar-refractivity contribution in [2.24, 2.45) is 0 Å². The van der Waals surface area contributed by atoms with E-state index in [1.54, 1.807) is 6.92 Å². The fourth-order valence-electron chi connectivity index (χ4n) is 3.42. The van der Waals surface area contributed by atoms with Crippen molar-refractivity contribution in [3.05, 3.63) is 77.6 Å². The summed E-state index contributed by atoms with van der Waals surface area (Å²) in [5.41, 5.74) is 5.38. The van der Waals surface area contributed by atoms with Crippen molar-refractivity contribution in [2.75, 3.05) is 6.54 Å². The second kappa shape index (κ2) is 9.36. The summed E-state index contributed by atoms with van der Waals surface area (Å²) in [4.78, 5) is 16.4. The van der Waals surface area contributed by atoms with Gasteiger partial charge in [0, 0.05) is 25.1 Å². The lowest BCUT2D eigenvalue weighted by atomic mass is 10.1. The van der Waals surface area contributed by atoms with Gasteiger partial charge in [0.25, 0.3) is 0 Å². The van der Waals surface area contributed by atoms with E-state index in [9.17, 15) is 4.79 Å². The zero-order chi connectivity index (χ0) is 19.9. The third kappa shape index (κ3) is 5.10. The second-order valence-corrected chi connectivity index (χ2v) is 7.44. The molecule has 146 valence electrons. The van der Waals surface area contributed by atoms with E-state index in [1.165, 1.54) is 16.6 Å². The largest absolute Gasteiger partial charge is 0.352 e. The molecule has 0 aliphatic carbocycles. The summed E-state index contributed by atoms with van der Waals surface area (Å²) >= 11 is 0. The van der Waals surface area contributed by atoms with E-state index in [0.717, 1.165) is 43.6 Å². The lowest BCUT2D eigenvalue weighted by molar-refractivity contribution is -0.117. The molecule has 3 aromatic rings. The van der Waals surface area contributed by atoms with Gasteiger partial charge in [-0.2, -0.15) is 0 Å². The average Bonchev–Trinajstić information content (AvgIpc) is 3.02. The van der Waals surface area contributed by atoms with Gasteiger partial charge in [-0.3, -0.25) is 4.79 Å². The summed E-state index contributed by atoms with van der Waals surface area (Å²) in [6.45, 7) is 9.05. The maximum absolute atomic E-state index is 11.5. The van der Waals surface area contributed by atoms with Crippen LogP contribution in [0.1, 0.15) is 43.1 Å². The average molecular weight is 376 g/mol. The first kappa shape index (κ1) is 19.9. The van der Waals surface area contributed by atoms with Crippen molar-refractivity contribution in [1.29, 1.82) is 0 Å². The molecule has 4 nitrogen and oxygen atoms in total. The summed E-state index contributed by atoms with van der Waals surface area (Å²) in [6, 6.07) is 17.0. The van der Waals surface area contributed by atoms with E-state index >= 15 is 0 Å². The normalized spacial score (nSPS) is 10.9. The Balaban J connectivity index is 1.64. The van der Waals surface area contributed by atoms with Gasteiger partial charge < -0.3 is 9.88 Å². The Kier molecular flexibility index (Phi) is 6.64. The number of benzene rings is 2. The minimum Gasteiger partial charge on any atom is -0.352 e. The number of imidazole rings is 1. The second-order valence-electron chi connectivity index (χ2n) is 7.44. The smallest absolute Gasteiger partial charge is 0.246 e. The van der Waals surface area contributed by atoms with Gasteiger partial charge in [0.05, 0.1) is 11.0 Å². The fraction of sp³-hybridized carbons (Fsp3) is 0.333. The molecule has 0 unspecified atom stereocenters. The van der Waals surface area contributed by atoms with Crippen molar-refractivity contribution in [2.45, 2.75) is 46.1 Å². The molecule has 0 spiro atoms. The molecule has 1 amide bonds. The summed E-state index contributed by atoms with van der Waals surface area (Å²) in [5.74, 6) is 1.08. The van der Waals surface area contributed by atoms with Crippen LogP contribution in [-0.4, -0.2) is 22.0 Å². The van der Waals surface area contributed by atoms with Crippen LogP contribution in [0.2, 0.25) is 0 Å². The maximum Gasteiger partial charge on any atom is 0.246 e. The Morgan fingerprint density at radius 1 is 1.11 bits per heavy atom. The molecule has 0 bridgehead atoms. The standard InChI is InChI=1S/C24H29N3O/c1-18(2)24(28)25-15-8-4-5-14-23-26-21-12-6-7-13-22(21)27(23)17-20-11-9-10-19(3)16-20/h6-7,9-13,16H,1,4-5,8,14-15,17H2,2-3H3,(H,25,28). The number of carbonyl (C=O) groups excluding carboxylic acids is 1. The van der Waals surface area contributed by atoms with Crippen LogP contribution in [0.15, 0.2) is 60.7 Å². The first-order valence-electron chi connectivity index (χ1n) is 9.98. The molecule has 0 atom stereocenters. The van der Waals surface area contributed by atoms with Gasteiger partial charge in [0.2, 0.25) is 5.91 Å². The summed E-state index contributed by atoms with van der Waals surface area (Å²) < 4.78 is 2.34. The molecule has 1 N–H and O–H groups in total. The van der Waals surface area contributed by atoms with Crippen LogP contribution in [0.25, 0.3) is 11.0 Å². The van der Waals surface area contributed by atoms with Crippen LogP contribution in [-0.2, 0) is 17.8 Å². The predicted molar refractivity (Wildman–Crippen MR) is 115 cm³/mol. The minimum absolute atomic E-state index is 0.0556. The SMILES string of the molecule is C=C(C)C(=O)NCCCCCc1nc2ccccc2n1Cc1cccc(C)c1. The van der Waals surface area contributed by atoms with Gasteiger partial charge in [-0.1, -0.05) is 55.0 Å². The number of nitrogens with one attached hydrogen (secondary N) is 1. The van der Waals surface area contributed by atoms with Crippen LogP contribution in [0.3, 0.4) is 0 Å². The highest BCUT2D eigenvalue weighted by Crippen LogP contribution is 2.20. The molecular formula is C24H29N3O. The lowest BCUT2D eigenvalue weighted by Crippen LogP contribution is -2.24. The number of aryl methyl sites for hydroxylation is 2. The molecule has 1 heterocycles. The van der Waals surface area contributed by atoms with E-state index in [4.69, 9.17) is 4.98 Å². The number of hydrogen-bond donors (Lipinski definition) is 1. The number of unbranched alkanes of at least 4 members (excludes halogenated alkanes) is 2. The number of hydrogen-bond acceptors (Lipinski definition) is 2. The van der Waals surface area contributed by atoms with Crippen LogP contribution in [0.4, 0.5) is 0 Å². The Hall–Kier alpha value is -2.88. The Morgan fingerprint density at radius 3 is 2.71 bits per heavy atom. The number of rotatable bonds is 9. The molecule has 0 radical (unpaired) electrons. The van der Waals surface area contributed by atoms with Crippen LogP contribution in [0.5, 0.6) is 0 Å². The molecule has 4 heteroatoms. The summed E-state index contributed by atoms with van der Waals surface area (Å²) in [5, 5.41) is 2.89. The highest BCUT2D eigenvalue weighted by molar-refractivity contribution is 5.92. The molecular weight excluding hydrogens is 346 g/mol. The van der Waals surface area contributed by atoms with Crippen molar-refractivity contribution in [1.82, 2.24) is 14.9 Å². The lowest BCUT2D eigenvalue weighted by Gasteiger charge is -2.10. The Bertz CT molecular complexity index is 971. The monoisotopic (exact) mass is 375 g/mol. The molecule has 0 saturated carbocycles. The summed E-state index contributed by atoms with van der Waals surface area (Å²) in [6.07, 6.45) is 4.02. The predicted octanol–water partition coefficient (Wildman–Crippen LogP) is 4.80. The molecule has 2 aromatic carbocycles. The highest BCUT2D eigenvalue weighted by Gasteiger charge is 2.11. The number of nitrogens with zero attached hydrogens (tertiary/aromatic N) is 2. The molecule has 1 aromatic heterocycles. The minimum atomic E-state index is -0.0556. The molecule has 0 aliphatic heterocycles. The first-order valence-corrected chi connectivity index (χ1v) is 9.98. The molecule has 0 saturated heterocycles. The van der Waals surface area contributed by atoms with Gasteiger partial charge >= 0.3 is 0 Å². The molecule has 0 fully saturated rings. The van der Waals surface area contributed by atoms with Gasteiger partial charge in [-0.05, 0) is 44.4 Å². The van der Waals surface area contributed by atoms with Crippen molar-refractivity contribution in [3.8, 4) is 0 Å². The van der Waals surface area contributed by atoms with E-state index in [0.29, 0.717) is 12.1 Å². The van der Waals surface area contributed by atoms with Crippen LogP contribution < -0.4 is 5.32 Å². The van der Waals surface area contributed by atoms with Gasteiger partial charge in [0.15, 0.2) is 0 Å². The van der Waals surface area contributed by atoms with E-state index < -0.39 is 0 Å². The third-order valence-corrected chi connectivity index (χ3v) is 4.91. The maximum atomic E-state index is 11.5. The molecule has 3 rings (SSSR count). The number of fused-ring (bicyclic) bond motifs is 1. The Morgan fingerprint density at radius 2 is 1.93 bits per heavy atom. The molecule has 28 heavy (non-hydrogen) atoms. The fourth-order valence-corrected chi connectivity index (χ4v) is 3.42. The van der Waals surface area contributed by atoms with Gasteiger partial charge in [-0.15, -0.1) is 0 Å². The zero-order valence-electron chi connectivity index (χ0n) is 16.9. The van der Waals surface area contributed by atoms with Crippen LogP contribution >= 0.6 is 0 Å². The van der Waals surface area contributed by atoms with Gasteiger partial charge in [0.1, 0.15) is 5.82 Å². The quantitative estimate of drug-likeness (QED) is 0.431. The van der Waals surface area contributed by atoms with E-state index in [-0.39, 0.29) is 5.91 Å². The van der Waals surface area contributed by atoms with Crippen molar-refractivity contribution < 1.29 is 4.79 Å².